The first-order chi connectivity index (χ1) is 11.6. The summed E-state index contributed by atoms with van der Waals surface area (Å²) < 4.78 is 5.33. The van der Waals surface area contributed by atoms with Crippen molar-refractivity contribution >= 4 is 17.7 Å². The Kier molecular flexibility index (Phi) is 4.94. The smallest absolute Gasteiger partial charge is 0.261 e. The van der Waals surface area contributed by atoms with Gasteiger partial charge in [-0.3, -0.25) is 19.3 Å². The Hall–Kier alpha value is -2.21. The third-order valence-corrected chi connectivity index (χ3v) is 4.73. The first kappa shape index (κ1) is 16.6. The summed E-state index contributed by atoms with van der Waals surface area (Å²) >= 11 is 0. The lowest BCUT2D eigenvalue weighted by Gasteiger charge is -2.27. The number of benzene rings is 1. The number of fused-ring (bicyclic) bond motifs is 1. The number of hydrogen-bond donors (Lipinski definition) is 0. The molecule has 2 heterocycles. The predicted molar refractivity (Wildman–Crippen MR) is 87.6 cm³/mol. The number of hydrogen-bond acceptors (Lipinski definition) is 4. The van der Waals surface area contributed by atoms with E-state index in [0.29, 0.717) is 23.6 Å². The molecule has 2 aliphatic rings. The lowest BCUT2D eigenvalue weighted by Crippen LogP contribution is -2.37. The molecular formula is C18H22N2O4. The fourth-order valence-corrected chi connectivity index (χ4v) is 3.26. The highest BCUT2D eigenvalue weighted by atomic mass is 16.5. The summed E-state index contributed by atoms with van der Waals surface area (Å²) in [6, 6.07) is 6.77. The number of carbonyl (C=O) groups excluding carboxylic acids is 3. The molecular weight excluding hydrogens is 308 g/mol. The van der Waals surface area contributed by atoms with Crippen molar-refractivity contribution in [3.8, 4) is 0 Å². The molecule has 1 fully saturated rings. The van der Waals surface area contributed by atoms with E-state index in [1.165, 1.54) is 4.90 Å². The third-order valence-electron chi connectivity index (χ3n) is 4.73. The van der Waals surface area contributed by atoms with Crippen molar-refractivity contribution in [3.05, 3.63) is 35.4 Å². The fraction of sp³-hybridized carbons (Fsp3) is 0.500. The molecule has 1 saturated heterocycles. The quantitative estimate of drug-likeness (QED) is 0.769. The molecule has 0 unspecified atom stereocenters. The lowest BCUT2D eigenvalue weighted by molar-refractivity contribution is -0.131. The van der Waals surface area contributed by atoms with Crippen molar-refractivity contribution in [2.24, 2.45) is 5.92 Å². The van der Waals surface area contributed by atoms with Crippen LogP contribution in [0.1, 0.15) is 40.0 Å². The van der Waals surface area contributed by atoms with E-state index in [4.69, 9.17) is 4.74 Å². The maximum Gasteiger partial charge on any atom is 0.261 e. The van der Waals surface area contributed by atoms with Crippen LogP contribution in [0.15, 0.2) is 24.3 Å². The molecule has 0 atom stereocenters. The van der Waals surface area contributed by atoms with Crippen LogP contribution >= 0.6 is 0 Å². The Morgan fingerprint density at radius 2 is 1.75 bits per heavy atom. The van der Waals surface area contributed by atoms with Gasteiger partial charge in [-0.2, -0.15) is 0 Å². The molecule has 0 radical (unpaired) electrons. The number of nitrogens with zero attached hydrogens (tertiary/aromatic N) is 2. The van der Waals surface area contributed by atoms with Gasteiger partial charge in [0.15, 0.2) is 0 Å². The molecule has 2 aliphatic heterocycles. The second kappa shape index (κ2) is 7.13. The van der Waals surface area contributed by atoms with Crippen molar-refractivity contribution in [3.63, 3.8) is 0 Å². The highest BCUT2D eigenvalue weighted by Gasteiger charge is 2.35. The molecule has 3 amide bonds. The van der Waals surface area contributed by atoms with Gasteiger partial charge in [0.05, 0.1) is 11.1 Å². The van der Waals surface area contributed by atoms with Gasteiger partial charge in [-0.25, -0.2) is 0 Å². The van der Waals surface area contributed by atoms with Gasteiger partial charge >= 0.3 is 0 Å². The minimum absolute atomic E-state index is 0.0435. The van der Waals surface area contributed by atoms with Crippen molar-refractivity contribution in [1.29, 1.82) is 0 Å². The summed E-state index contributed by atoms with van der Waals surface area (Å²) in [6.45, 7) is 2.33. The van der Waals surface area contributed by atoms with Gasteiger partial charge in [0.25, 0.3) is 11.8 Å². The van der Waals surface area contributed by atoms with Crippen molar-refractivity contribution in [2.75, 3.05) is 33.4 Å². The van der Waals surface area contributed by atoms with Crippen LogP contribution in [-0.4, -0.2) is 60.9 Å². The summed E-state index contributed by atoms with van der Waals surface area (Å²) in [5.41, 5.74) is 0.844. The lowest BCUT2D eigenvalue weighted by atomic mass is 10.00. The molecule has 6 nitrogen and oxygen atoms in total. The zero-order valence-electron chi connectivity index (χ0n) is 13.9. The first-order valence-corrected chi connectivity index (χ1v) is 8.35. The molecule has 0 spiro atoms. The number of ether oxygens (including phenoxy) is 1. The zero-order valence-corrected chi connectivity index (χ0v) is 13.9. The first-order valence-electron chi connectivity index (χ1n) is 8.35. The standard InChI is InChI=1S/C18H22N2O4/c1-19(12-13-7-10-24-11-8-13)16(21)6-9-20-17(22)14-4-2-3-5-15(14)18(20)23/h2-5,13H,6-12H2,1H3. The van der Waals surface area contributed by atoms with Crippen molar-refractivity contribution < 1.29 is 19.1 Å². The SMILES string of the molecule is CN(CC1CCOCC1)C(=O)CCN1C(=O)c2ccccc2C1=O. The highest BCUT2D eigenvalue weighted by Crippen LogP contribution is 2.22. The largest absolute Gasteiger partial charge is 0.381 e. The zero-order chi connectivity index (χ0) is 17.1. The van der Waals surface area contributed by atoms with Gasteiger partial charge in [-0.1, -0.05) is 12.1 Å². The average Bonchev–Trinajstić information content (AvgIpc) is 2.85. The second-order valence-corrected chi connectivity index (χ2v) is 6.39. The molecule has 24 heavy (non-hydrogen) atoms. The average molecular weight is 330 g/mol. The molecule has 128 valence electrons. The molecule has 3 rings (SSSR count). The Balaban J connectivity index is 1.53. The normalized spacial score (nSPS) is 18.0. The molecule has 1 aromatic rings. The van der Waals surface area contributed by atoms with Gasteiger partial charge in [-0.15, -0.1) is 0 Å². The second-order valence-electron chi connectivity index (χ2n) is 6.39. The number of rotatable bonds is 5. The Morgan fingerprint density at radius 1 is 1.17 bits per heavy atom. The van der Waals surface area contributed by atoms with E-state index in [1.54, 1.807) is 36.2 Å². The number of imide groups is 1. The molecule has 0 aromatic heterocycles. The van der Waals surface area contributed by atoms with Crippen LogP contribution in [0.25, 0.3) is 0 Å². The number of amides is 3. The van der Waals surface area contributed by atoms with Crippen LogP contribution in [0.5, 0.6) is 0 Å². The predicted octanol–water partition coefficient (Wildman–Crippen LogP) is 1.56. The van der Waals surface area contributed by atoms with Crippen LogP contribution in [-0.2, 0) is 9.53 Å². The van der Waals surface area contributed by atoms with Gasteiger partial charge in [0.2, 0.25) is 5.91 Å². The molecule has 0 saturated carbocycles. The summed E-state index contributed by atoms with van der Waals surface area (Å²) in [4.78, 5) is 39.7. The Morgan fingerprint density at radius 3 is 2.33 bits per heavy atom. The van der Waals surface area contributed by atoms with Gasteiger partial charge in [-0.05, 0) is 30.9 Å². The van der Waals surface area contributed by atoms with Gasteiger partial charge in [0.1, 0.15) is 0 Å². The van der Waals surface area contributed by atoms with E-state index in [2.05, 4.69) is 0 Å². The number of carbonyl (C=O) groups is 3. The fourth-order valence-electron chi connectivity index (χ4n) is 3.26. The third kappa shape index (κ3) is 3.33. The minimum atomic E-state index is -0.310. The summed E-state index contributed by atoms with van der Waals surface area (Å²) in [7, 11) is 1.78. The molecule has 0 bridgehead atoms. The van der Waals surface area contributed by atoms with Crippen LogP contribution in [0.4, 0.5) is 0 Å². The maximum atomic E-state index is 12.3. The van der Waals surface area contributed by atoms with Crippen molar-refractivity contribution in [1.82, 2.24) is 9.80 Å². The minimum Gasteiger partial charge on any atom is -0.381 e. The van der Waals surface area contributed by atoms with Crippen molar-refractivity contribution in [2.45, 2.75) is 19.3 Å². The maximum absolute atomic E-state index is 12.3. The topological polar surface area (TPSA) is 66.9 Å². The monoisotopic (exact) mass is 330 g/mol. The van der Waals surface area contributed by atoms with Crippen LogP contribution in [0, 0.1) is 5.92 Å². The summed E-state index contributed by atoms with van der Waals surface area (Å²) in [6.07, 6.45) is 2.09. The van der Waals surface area contributed by atoms with E-state index in [0.717, 1.165) is 26.1 Å². The van der Waals surface area contributed by atoms with Gasteiger partial charge in [0, 0.05) is 39.8 Å². The van der Waals surface area contributed by atoms with Gasteiger partial charge < -0.3 is 9.64 Å². The summed E-state index contributed by atoms with van der Waals surface area (Å²) in [5.74, 6) is -0.198. The van der Waals surface area contributed by atoms with E-state index < -0.39 is 0 Å². The summed E-state index contributed by atoms with van der Waals surface area (Å²) in [5, 5.41) is 0. The van der Waals surface area contributed by atoms with Crippen LogP contribution < -0.4 is 0 Å². The molecule has 6 heteroatoms. The Labute approximate surface area is 141 Å². The molecule has 0 N–H and O–H groups in total. The van der Waals surface area contributed by atoms with E-state index in [9.17, 15) is 14.4 Å². The van der Waals surface area contributed by atoms with E-state index in [-0.39, 0.29) is 30.7 Å². The van der Waals surface area contributed by atoms with E-state index >= 15 is 0 Å². The molecule has 0 aliphatic carbocycles. The van der Waals surface area contributed by atoms with Crippen LogP contribution in [0.3, 0.4) is 0 Å². The van der Waals surface area contributed by atoms with Crippen LogP contribution in [0.2, 0.25) is 0 Å². The van der Waals surface area contributed by atoms with E-state index in [1.807, 2.05) is 0 Å². The Bertz CT molecular complexity index is 617. The molecule has 1 aromatic carbocycles. The highest BCUT2D eigenvalue weighted by molar-refractivity contribution is 6.21.